The summed E-state index contributed by atoms with van der Waals surface area (Å²) in [4.78, 5) is 10.3. The van der Waals surface area contributed by atoms with Gasteiger partial charge in [0.2, 0.25) is 0 Å². The van der Waals surface area contributed by atoms with Gasteiger partial charge in [0.25, 0.3) is 15.7 Å². The monoisotopic (exact) mass is 333 g/mol. The van der Waals surface area contributed by atoms with Crippen LogP contribution in [0.4, 0.5) is 17.1 Å². The van der Waals surface area contributed by atoms with Crippen molar-refractivity contribution in [2.24, 2.45) is 0 Å². The zero-order valence-electron chi connectivity index (χ0n) is 12.3. The van der Waals surface area contributed by atoms with Crippen molar-refractivity contribution < 1.29 is 13.3 Å². The van der Waals surface area contributed by atoms with Crippen LogP contribution in [0.5, 0.6) is 0 Å². The highest BCUT2D eigenvalue weighted by Gasteiger charge is 2.21. The van der Waals surface area contributed by atoms with Crippen LogP contribution in [-0.2, 0) is 16.4 Å². The fraction of sp³-hybridized carbons (Fsp3) is 0.200. The van der Waals surface area contributed by atoms with Gasteiger partial charge in [-0.05, 0) is 43.2 Å². The predicted octanol–water partition coefficient (Wildman–Crippen LogP) is 2.75. The first kappa shape index (κ1) is 15.3. The number of nitrogens with one attached hydrogen (secondary N) is 2. The Morgan fingerprint density at radius 2 is 2.04 bits per heavy atom. The molecule has 2 N–H and O–H groups in total. The Hall–Kier alpha value is -2.61. The van der Waals surface area contributed by atoms with Gasteiger partial charge in [0, 0.05) is 23.9 Å². The summed E-state index contributed by atoms with van der Waals surface area (Å²) in [7, 11) is -3.80. The van der Waals surface area contributed by atoms with Crippen LogP contribution in [0.25, 0.3) is 0 Å². The van der Waals surface area contributed by atoms with Gasteiger partial charge in [-0.3, -0.25) is 14.8 Å². The van der Waals surface area contributed by atoms with Gasteiger partial charge < -0.3 is 5.32 Å². The lowest BCUT2D eigenvalue weighted by molar-refractivity contribution is -0.384. The number of nitro groups is 1. The normalized spacial score (nSPS) is 16.5. The van der Waals surface area contributed by atoms with E-state index in [0.29, 0.717) is 0 Å². The predicted molar refractivity (Wildman–Crippen MR) is 87.1 cm³/mol. The summed E-state index contributed by atoms with van der Waals surface area (Å²) in [5.74, 6) is 0. The van der Waals surface area contributed by atoms with E-state index in [2.05, 4.69) is 10.0 Å². The number of hydrogen-bond donors (Lipinski definition) is 2. The SMILES string of the molecule is C[C@H]1Cc2cc(S(=O)(=O)Nc3cccc([N+](=O)[O-])c3)ccc2N1. The van der Waals surface area contributed by atoms with Crippen molar-refractivity contribution in [3.63, 3.8) is 0 Å². The third kappa shape index (κ3) is 3.11. The molecule has 0 saturated heterocycles. The molecule has 120 valence electrons. The molecule has 7 nitrogen and oxygen atoms in total. The number of anilines is 2. The van der Waals surface area contributed by atoms with E-state index in [1.54, 1.807) is 12.1 Å². The van der Waals surface area contributed by atoms with E-state index in [1.165, 1.54) is 30.3 Å². The van der Waals surface area contributed by atoms with Crippen LogP contribution >= 0.6 is 0 Å². The molecule has 1 aliphatic heterocycles. The summed E-state index contributed by atoms with van der Waals surface area (Å²) >= 11 is 0. The first-order valence-electron chi connectivity index (χ1n) is 7.02. The van der Waals surface area contributed by atoms with Crippen LogP contribution < -0.4 is 10.0 Å². The van der Waals surface area contributed by atoms with Gasteiger partial charge in [-0.15, -0.1) is 0 Å². The van der Waals surface area contributed by atoms with Gasteiger partial charge in [0.15, 0.2) is 0 Å². The number of benzene rings is 2. The second-order valence-electron chi connectivity index (χ2n) is 5.48. The zero-order chi connectivity index (χ0) is 16.6. The topological polar surface area (TPSA) is 101 Å². The van der Waals surface area contributed by atoms with Crippen molar-refractivity contribution >= 4 is 27.1 Å². The van der Waals surface area contributed by atoms with Crippen molar-refractivity contribution in [2.45, 2.75) is 24.3 Å². The molecule has 0 saturated carbocycles. The molecule has 0 aliphatic carbocycles. The largest absolute Gasteiger partial charge is 0.382 e. The molecule has 23 heavy (non-hydrogen) atoms. The Labute approximate surface area is 133 Å². The van der Waals surface area contributed by atoms with E-state index < -0.39 is 14.9 Å². The standard InChI is InChI=1S/C15H15N3O4S/c1-10-7-11-8-14(5-6-15(11)16-10)23(21,22)17-12-3-2-4-13(9-12)18(19)20/h2-6,8-10,16-17H,7H2,1H3/t10-/m0/s1. The van der Waals surface area contributed by atoms with Gasteiger partial charge in [0.1, 0.15) is 0 Å². The highest BCUT2D eigenvalue weighted by molar-refractivity contribution is 7.92. The number of fused-ring (bicyclic) bond motifs is 1. The third-order valence-corrected chi connectivity index (χ3v) is 5.00. The highest BCUT2D eigenvalue weighted by atomic mass is 32.2. The quantitative estimate of drug-likeness (QED) is 0.662. The van der Waals surface area contributed by atoms with Crippen molar-refractivity contribution in [3.8, 4) is 0 Å². The van der Waals surface area contributed by atoms with Crippen LogP contribution in [0.1, 0.15) is 12.5 Å². The summed E-state index contributed by atoms with van der Waals surface area (Å²) in [5.41, 5.74) is 1.87. The Bertz CT molecular complexity index is 880. The molecule has 0 fully saturated rings. The van der Waals surface area contributed by atoms with Crippen molar-refractivity contribution in [1.82, 2.24) is 0 Å². The average Bonchev–Trinajstić information content (AvgIpc) is 2.86. The maximum atomic E-state index is 12.5. The van der Waals surface area contributed by atoms with Gasteiger partial charge >= 0.3 is 0 Å². The summed E-state index contributed by atoms with van der Waals surface area (Å²) in [6, 6.07) is 10.6. The lowest BCUT2D eigenvalue weighted by atomic mass is 10.1. The third-order valence-electron chi connectivity index (χ3n) is 3.62. The molecule has 0 amide bonds. The number of sulfonamides is 1. The molecule has 0 unspecified atom stereocenters. The molecule has 0 aromatic heterocycles. The second-order valence-corrected chi connectivity index (χ2v) is 7.16. The minimum Gasteiger partial charge on any atom is -0.382 e. The van der Waals surface area contributed by atoms with E-state index >= 15 is 0 Å². The van der Waals surface area contributed by atoms with Crippen LogP contribution in [0, 0.1) is 10.1 Å². The Morgan fingerprint density at radius 1 is 1.26 bits per heavy atom. The number of hydrogen-bond acceptors (Lipinski definition) is 5. The van der Waals surface area contributed by atoms with Gasteiger partial charge in [-0.1, -0.05) is 6.07 Å². The minimum absolute atomic E-state index is 0.138. The Balaban J connectivity index is 1.89. The minimum atomic E-state index is -3.80. The summed E-state index contributed by atoms with van der Waals surface area (Å²) in [5, 5.41) is 14.0. The van der Waals surface area contributed by atoms with E-state index in [9.17, 15) is 18.5 Å². The fourth-order valence-electron chi connectivity index (χ4n) is 2.59. The second kappa shape index (κ2) is 5.54. The number of nitro benzene ring substituents is 1. The molecule has 2 aromatic rings. The smallest absolute Gasteiger partial charge is 0.271 e. The lowest BCUT2D eigenvalue weighted by Gasteiger charge is -2.09. The molecule has 3 rings (SSSR count). The Kier molecular flexibility index (Phi) is 3.69. The molecule has 1 atom stereocenters. The van der Waals surface area contributed by atoms with Gasteiger partial charge in [0.05, 0.1) is 15.5 Å². The molecular formula is C15H15N3O4S. The molecule has 1 aliphatic rings. The van der Waals surface area contributed by atoms with E-state index in [-0.39, 0.29) is 22.3 Å². The average molecular weight is 333 g/mol. The molecule has 0 bridgehead atoms. The van der Waals surface area contributed by atoms with Gasteiger partial charge in [-0.25, -0.2) is 8.42 Å². The lowest BCUT2D eigenvalue weighted by Crippen LogP contribution is -2.13. The highest BCUT2D eigenvalue weighted by Crippen LogP contribution is 2.29. The van der Waals surface area contributed by atoms with Crippen LogP contribution in [0.2, 0.25) is 0 Å². The molecule has 2 aromatic carbocycles. The summed E-state index contributed by atoms with van der Waals surface area (Å²) in [6.45, 7) is 2.02. The van der Waals surface area contributed by atoms with Crippen LogP contribution in [0.3, 0.4) is 0 Å². The number of rotatable bonds is 4. The van der Waals surface area contributed by atoms with Gasteiger partial charge in [-0.2, -0.15) is 0 Å². The number of nitrogens with zero attached hydrogens (tertiary/aromatic N) is 1. The number of non-ortho nitro benzene ring substituents is 1. The van der Waals surface area contributed by atoms with E-state index in [1.807, 2.05) is 6.92 Å². The first-order valence-corrected chi connectivity index (χ1v) is 8.50. The van der Waals surface area contributed by atoms with Crippen LogP contribution in [0.15, 0.2) is 47.4 Å². The van der Waals surface area contributed by atoms with E-state index in [4.69, 9.17) is 0 Å². The molecular weight excluding hydrogens is 318 g/mol. The maximum absolute atomic E-state index is 12.5. The van der Waals surface area contributed by atoms with Crippen LogP contribution in [-0.4, -0.2) is 19.4 Å². The maximum Gasteiger partial charge on any atom is 0.271 e. The Morgan fingerprint density at radius 3 is 2.78 bits per heavy atom. The summed E-state index contributed by atoms with van der Waals surface area (Å²) in [6.07, 6.45) is 0.759. The fourth-order valence-corrected chi connectivity index (χ4v) is 3.69. The molecule has 1 heterocycles. The van der Waals surface area contributed by atoms with E-state index in [0.717, 1.165) is 17.7 Å². The van der Waals surface area contributed by atoms with Crippen molar-refractivity contribution in [1.29, 1.82) is 0 Å². The summed E-state index contributed by atoms with van der Waals surface area (Å²) < 4.78 is 27.3. The van der Waals surface area contributed by atoms with Crippen molar-refractivity contribution in [3.05, 3.63) is 58.1 Å². The molecule has 8 heteroatoms. The molecule has 0 spiro atoms. The first-order chi connectivity index (χ1) is 10.8. The zero-order valence-corrected chi connectivity index (χ0v) is 13.1. The van der Waals surface area contributed by atoms with Crippen molar-refractivity contribution in [2.75, 3.05) is 10.0 Å². The molecule has 0 radical (unpaired) electrons.